The van der Waals surface area contributed by atoms with Crippen molar-refractivity contribution in [2.75, 3.05) is 42.1 Å². The first kappa shape index (κ1) is 18.8. The smallest absolute Gasteiger partial charge is 0.227 e. The Morgan fingerprint density at radius 3 is 2.73 bits per heavy atom. The van der Waals surface area contributed by atoms with E-state index in [0.717, 1.165) is 66.4 Å². The van der Waals surface area contributed by atoms with Crippen LogP contribution in [0.1, 0.15) is 17.7 Å². The largest absolute Gasteiger partial charge is 0.364 e. The number of halogens is 1. The lowest BCUT2D eigenvalue weighted by atomic mass is 9.98. The fraction of sp³-hybridized carbons (Fsp3) is 0.455. The molecule has 0 saturated carbocycles. The number of aryl methyl sites for hydroxylation is 1. The molecule has 2 fully saturated rings. The van der Waals surface area contributed by atoms with Gasteiger partial charge in [-0.25, -0.2) is 4.98 Å². The number of nitrogens with one attached hydrogen (secondary N) is 2. The topological polar surface area (TPSA) is 70.2 Å². The first-order valence-electron chi connectivity index (χ1n) is 10.6. The molecule has 1 aromatic heterocycles. The molecule has 0 amide bonds. The van der Waals surface area contributed by atoms with E-state index in [1.54, 1.807) is 0 Å². The second-order valence-corrected chi connectivity index (χ2v) is 10.6. The second kappa shape index (κ2) is 7.32. The van der Waals surface area contributed by atoms with Crippen molar-refractivity contribution in [3.63, 3.8) is 0 Å². The molecule has 156 valence electrons. The molecule has 4 heterocycles. The van der Waals surface area contributed by atoms with E-state index >= 15 is 0 Å². The van der Waals surface area contributed by atoms with E-state index in [1.807, 2.05) is 12.1 Å². The molecule has 2 saturated heterocycles. The lowest BCUT2D eigenvalue weighted by molar-refractivity contribution is 0.470. The van der Waals surface area contributed by atoms with Gasteiger partial charge in [-0.05, 0) is 41.5 Å². The van der Waals surface area contributed by atoms with Crippen molar-refractivity contribution in [1.82, 2.24) is 15.3 Å². The summed E-state index contributed by atoms with van der Waals surface area (Å²) in [5, 5.41) is 7.55. The molecule has 3 aliphatic heterocycles. The minimum absolute atomic E-state index is 0.359. The van der Waals surface area contributed by atoms with E-state index in [-0.39, 0.29) is 0 Å². The fourth-order valence-corrected chi connectivity index (χ4v) is 6.40. The third-order valence-corrected chi connectivity index (χ3v) is 8.40. The van der Waals surface area contributed by atoms with Crippen LogP contribution in [0.3, 0.4) is 0 Å². The summed E-state index contributed by atoms with van der Waals surface area (Å²) in [4.78, 5) is 12.8. The summed E-state index contributed by atoms with van der Waals surface area (Å²) in [6.07, 6.45) is 4.28. The van der Waals surface area contributed by atoms with Crippen LogP contribution in [0.15, 0.2) is 35.2 Å². The van der Waals surface area contributed by atoms with E-state index < -0.39 is 10.8 Å². The Morgan fingerprint density at radius 1 is 1.17 bits per heavy atom. The fourth-order valence-electron chi connectivity index (χ4n) is 4.96. The highest BCUT2D eigenvalue weighted by Crippen LogP contribution is 2.42. The first-order chi connectivity index (χ1) is 14.6. The maximum Gasteiger partial charge on any atom is 0.227 e. The molecule has 2 aromatic rings. The lowest BCUT2D eigenvalue weighted by Gasteiger charge is -2.29. The quantitative estimate of drug-likeness (QED) is 0.760. The summed E-state index contributed by atoms with van der Waals surface area (Å²) in [7, 11) is -0.991. The molecule has 1 aliphatic carbocycles. The maximum absolute atomic E-state index is 12.5. The zero-order valence-corrected chi connectivity index (χ0v) is 18.2. The summed E-state index contributed by atoms with van der Waals surface area (Å²) in [6.45, 7) is 3.75. The number of hydrogen-bond donors (Lipinski definition) is 2. The van der Waals surface area contributed by atoms with Gasteiger partial charge in [0.25, 0.3) is 0 Å². The van der Waals surface area contributed by atoms with Gasteiger partial charge < -0.3 is 15.5 Å². The monoisotopic (exact) mass is 441 g/mol. The number of fused-ring (bicyclic) bond motifs is 2. The Balaban J connectivity index is 1.25. The number of benzene rings is 1. The van der Waals surface area contributed by atoms with Crippen LogP contribution in [0.4, 0.5) is 11.8 Å². The Hall–Kier alpha value is -1.96. The van der Waals surface area contributed by atoms with Gasteiger partial charge in [0.15, 0.2) is 0 Å². The predicted molar refractivity (Wildman–Crippen MR) is 121 cm³/mol. The number of allylic oxidation sites excluding steroid dienone is 1. The molecule has 0 bridgehead atoms. The van der Waals surface area contributed by atoms with Gasteiger partial charge in [-0.15, -0.1) is 0 Å². The Labute approximate surface area is 183 Å². The van der Waals surface area contributed by atoms with E-state index in [2.05, 4.69) is 33.7 Å². The van der Waals surface area contributed by atoms with Crippen LogP contribution in [-0.2, 0) is 17.2 Å². The SMILES string of the molecule is O=[S@@]1CCc2nc(N3CC4C=C(c5ccc(Cl)cc5)CC4C3)nc(NC3CNC3)c21. The molecule has 2 unspecified atom stereocenters. The summed E-state index contributed by atoms with van der Waals surface area (Å²) >= 11 is 6.04. The van der Waals surface area contributed by atoms with Gasteiger partial charge >= 0.3 is 0 Å². The third-order valence-electron chi connectivity index (χ3n) is 6.69. The van der Waals surface area contributed by atoms with E-state index in [1.165, 1.54) is 11.1 Å². The molecule has 0 spiro atoms. The van der Waals surface area contributed by atoms with Gasteiger partial charge in [-0.3, -0.25) is 4.21 Å². The Kier molecular flexibility index (Phi) is 4.58. The van der Waals surface area contributed by atoms with Gasteiger partial charge in [-0.2, -0.15) is 4.98 Å². The highest BCUT2D eigenvalue weighted by Gasteiger charge is 2.38. The van der Waals surface area contributed by atoms with Crippen molar-refractivity contribution < 1.29 is 4.21 Å². The number of anilines is 2. The average Bonchev–Trinajstić information content (AvgIpc) is 3.38. The second-order valence-electron chi connectivity index (χ2n) is 8.68. The molecule has 6 rings (SSSR count). The number of aromatic nitrogens is 2. The summed E-state index contributed by atoms with van der Waals surface area (Å²) in [5.74, 6) is 3.34. The molecular weight excluding hydrogens is 418 g/mol. The van der Waals surface area contributed by atoms with Crippen LogP contribution < -0.4 is 15.5 Å². The van der Waals surface area contributed by atoms with Crippen molar-refractivity contribution >= 4 is 39.7 Å². The molecule has 8 heteroatoms. The number of nitrogens with zero attached hydrogens (tertiary/aromatic N) is 3. The first-order valence-corrected chi connectivity index (χ1v) is 12.3. The van der Waals surface area contributed by atoms with Crippen LogP contribution in [-0.4, -0.2) is 52.2 Å². The normalized spacial score (nSPS) is 27.6. The zero-order chi connectivity index (χ0) is 20.2. The molecular formula is C22H24ClN5OS. The third kappa shape index (κ3) is 3.24. The van der Waals surface area contributed by atoms with Crippen molar-refractivity contribution in [2.45, 2.75) is 23.8 Å². The Morgan fingerprint density at radius 2 is 2.00 bits per heavy atom. The van der Waals surface area contributed by atoms with Crippen LogP contribution in [0, 0.1) is 11.8 Å². The highest BCUT2D eigenvalue weighted by atomic mass is 35.5. The van der Waals surface area contributed by atoms with Crippen molar-refractivity contribution in [2.24, 2.45) is 11.8 Å². The highest BCUT2D eigenvalue weighted by molar-refractivity contribution is 7.85. The summed E-state index contributed by atoms with van der Waals surface area (Å²) in [6, 6.07) is 8.52. The molecule has 4 aliphatic rings. The summed E-state index contributed by atoms with van der Waals surface area (Å²) < 4.78 is 12.5. The van der Waals surface area contributed by atoms with Crippen molar-refractivity contribution in [3.05, 3.63) is 46.6 Å². The van der Waals surface area contributed by atoms with E-state index in [0.29, 0.717) is 23.6 Å². The van der Waals surface area contributed by atoms with Gasteiger partial charge in [0.2, 0.25) is 5.95 Å². The van der Waals surface area contributed by atoms with Gasteiger partial charge in [-0.1, -0.05) is 29.8 Å². The minimum atomic E-state index is -0.991. The molecule has 0 radical (unpaired) electrons. The Bertz CT molecular complexity index is 1050. The zero-order valence-electron chi connectivity index (χ0n) is 16.6. The van der Waals surface area contributed by atoms with Crippen LogP contribution in [0.25, 0.3) is 5.57 Å². The molecule has 6 nitrogen and oxygen atoms in total. The molecule has 2 N–H and O–H groups in total. The molecule has 3 atom stereocenters. The maximum atomic E-state index is 12.5. The van der Waals surface area contributed by atoms with Crippen LogP contribution in [0.5, 0.6) is 0 Å². The average molecular weight is 442 g/mol. The number of hydrogen-bond acceptors (Lipinski definition) is 6. The van der Waals surface area contributed by atoms with Crippen molar-refractivity contribution in [3.8, 4) is 0 Å². The number of rotatable bonds is 4. The van der Waals surface area contributed by atoms with Crippen LogP contribution in [0.2, 0.25) is 5.02 Å². The predicted octanol–water partition coefficient (Wildman–Crippen LogP) is 2.72. The van der Waals surface area contributed by atoms with Gasteiger partial charge in [0.1, 0.15) is 10.7 Å². The van der Waals surface area contributed by atoms with Gasteiger partial charge in [0, 0.05) is 43.4 Å². The molecule has 1 aromatic carbocycles. The van der Waals surface area contributed by atoms with Crippen molar-refractivity contribution in [1.29, 1.82) is 0 Å². The lowest BCUT2D eigenvalue weighted by Crippen LogP contribution is -2.51. The molecule has 30 heavy (non-hydrogen) atoms. The van der Waals surface area contributed by atoms with Gasteiger partial charge in [0.05, 0.1) is 22.5 Å². The minimum Gasteiger partial charge on any atom is -0.364 e. The van der Waals surface area contributed by atoms with Crippen LogP contribution >= 0.6 is 11.6 Å². The van der Waals surface area contributed by atoms with E-state index in [4.69, 9.17) is 21.6 Å². The standard InChI is InChI=1S/C22H24ClN5OS/c23-17-3-1-13(2-4-17)14-7-15-11-28(12-16(15)8-14)22-26-19-5-6-30(29)20(19)21(27-22)25-18-9-24-10-18/h1-4,7,15-16,18,24H,5-6,8-12H2,(H,25,26,27)/t15?,16?,30-/m1/s1. The summed E-state index contributed by atoms with van der Waals surface area (Å²) in [5.41, 5.74) is 3.66. The van der Waals surface area contributed by atoms with E-state index in [9.17, 15) is 4.21 Å².